The number of carbonyl (C=O) groups is 1. The number of aliphatic hydroxyl groups excluding tert-OH is 1. The van der Waals surface area contributed by atoms with E-state index in [2.05, 4.69) is 0 Å². The molecule has 22 heavy (non-hydrogen) atoms. The van der Waals surface area contributed by atoms with E-state index < -0.39 is 6.10 Å². The van der Waals surface area contributed by atoms with Gasteiger partial charge in [-0.1, -0.05) is 43.3 Å². The highest BCUT2D eigenvalue weighted by Crippen LogP contribution is 2.10. The van der Waals surface area contributed by atoms with Crippen molar-refractivity contribution in [1.29, 1.82) is 0 Å². The van der Waals surface area contributed by atoms with Crippen LogP contribution in [-0.2, 0) is 21.0 Å². The van der Waals surface area contributed by atoms with Gasteiger partial charge >= 0.3 is 0 Å². The molecule has 0 aromatic heterocycles. The van der Waals surface area contributed by atoms with Crippen LogP contribution in [0.1, 0.15) is 18.9 Å². The summed E-state index contributed by atoms with van der Waals surface area (Å²) in [6.45, 7) is 2.92. The Morgan fingerprint density at radius 2 is 2.05 bits per heavy atom. The first-order valence-electron chi connectivity index (χ1n) is 7.32. The van der Waals surface area contributed by atoms with Gasteiger partial charge in [0.25, 0.3) is 5.91 Å². The van der Waals surface area contributed by atoms with Crippen LogP contribution in [0.5, 0.6) is 0 Å². The molecular formula is C17H25NO4. The first-order valence-corrected chi connectivity index (χ1v) is 7.32. The minimum atomic E-state index is -0.548. The lowest BCUT2D eigenvalue weighted by Gasteiger charge is -2.17. The van der Waals surface area contributed by atoms with Gasteiger partial charge in [0.2, 0.25) is 0 Å². The summed E-state index contributed by atoms with van der Waals surface area (Å²) >= 11 is 0. The highest BCUT2D eigenvalue weighted by molar-refractivity contribution is 5.86. The molecule has 1 aromatic rings. The maximum atomic E-state index is 11.5. The van der Waals surface area contributed by atoms with Crippen LogP contribution < -0.4 is 0 Å². The zero-order valence-corrected chi connectivity index (χ0v) is 13.4. The summed E-state index contributed by atoms with van der Waals surface area (Å²) in [5.41, 5.74) is 1.11. The molecule has 0 radical (unpaired) electrons. The number of hydrogen-bond acceptors (Lipinski definition) is 4. The average Bonchev–Trinajstić information content (AvgIpc) is 2.54. The second-order valence-electron chi connectivity index (χ2n) is 5.20. The van der Waals surface area contributed by atoms with Crippen molar-refractivity contribution in [3.8, 4) is 0 Å². The van der Waals surface area contributed by atoms with E-state index in [0.717, 1.165) is 10.6 Å². The Labute approximate surface area is 132 Å². The fraction of sp³-hybridized carbons (Fsp3) is 0.471. The third kappa shape index (κ3) is 6.85. The van der Waals surface area contributed by atoms with Crippen molar-refractivity contribution in [3.63, 3.8) is 0 Å². The van der Waals surface area contributed by atoms with E-state index >= 15 is 0 Å². The minimum absolute atomic E-state index is 0.0105. The van der Waals surface area contributed by atoms with Crippen LogP contribution >= 0.6 is 0 Å². The van der Waals surface area contributed by atoms with Gasteiger partial charge in [-0.2, -0.15) is 0 Å². The second kappa shape index (κ2) is 10.1. The number of hydrogen-bond donors (Lipinski definition) is 1. The number of nitrogens with zero attached hydrogens (tertiary/aromatic N) is 1. The Bertz CT molecular complexity index is 461. The third-order valence-corrected chi connectivity index (χ3v) is 3.37. The van der Waals surface area contributed by atoms with Crippen molar-refractivity contribution in [3.05, 3.63) is 48.0 Å². The van der Waals surface area contributed by atoms with Gasteiger partial charge in [0.1, 0.15) is 0 Å². The molecule has 0 unspecified atom stereocenters. The van der Waals surface area contributed by atoms with Crippen LogP contribution in [-0.4, -0.2) is 42.9 Å². The molecule has 0 bridgehead atoms. The summed E-state index contributed by atoms with van der Waals surface area (Å²) < 4.78 is 5.61. The number of likely N-dealkylation sites (N-methyl/N-ethyl adjacent to an activating group) is 1. The molecule has 0 fully saturated rings. The van der Waals surface area contributed by atoms with Gasteiger partial charge in [-0.05, 0) is 12.0 Å². The van der Waals surface area contributed by atoms with Crippen molar-refractivity contribution >= 4 is 5.91 Å². The summed E-state index contributed by atoms with van der Waals surface area (Å²) in [6.07, 6.45) is 2.90. The van der Waals surface area contributed by atoms with Crippen LogP contribution in [0, 0.1) is 5.92 Å². The Balaban J connectivity index is 2.25. The van der Waals surface area contributed by atoms with Crippen molar-refractivity contribution in [2.24, 2.45) is 5.92 Å². The maximum absolute atomic E-state index is 11.5. The maximum Gasteiger partial charge on any atom is 0.269 e. The number of hydroxylamine groups is 2. The smallest absolute Gasteiger partial charge is 0.269 e. The summed E-state index contributed by atoms with van der Waals surface area (Å²) in [4.78, 5) is 16.2. The predicted molar refractivity (Wildman–Crippen MR) is 84.8 cm³/mol. The van der Waals surface area contributed by atoms with Crippen LogP contribution in [0.25, 0.3) is 0 Å². The molecule has 0 aliphatic rings. The Hall–Kier alpha value is -1.69. The molecular weight excluding hydrogens is 282 g/mol. The highest BCUT2D eigenvalue weighted by Gasteiger charge is 2.13. The van der Waals surface area contributed by atoms with Gasteiger partial charge in [-0.25, -0.2) is 5.06 Å². The van der Waals surface area contributed by atoms with Crippen LogP contribution in [0.4, 0.5) is 0 Å². The SMILES string of the molecule is CON(C)C(=O)/C=C/C[C@@H](O)[C@@H](C)COCc1ccccc1. The fourth-order valence-electron chi connectivity index (χ4n) is 1.78. The van der Waals surface area contributed by atoms with Crippen LogP contribution in [0.2, 0.25) is 0 Å². The highest BCUT2D eigenvalue weighted by atomic mass is 16.7. The number of rotatable bonds is 9. The number of aliphatic hydroxyl groups is 1. The zero-order valence-electron chi connectivity index (χ0n) is 13.4. The van der Waals surface area contributed by atoms with Crippen LogP contribution in [0.15, 0.2) is 42.5 Å². The minimum Gasteiger partial charge on any atom is -0.392 e. The molecule has 122 valence electrons. The number of carbonyl (C=O) groups excluding carboxylic acids is 1. The molecule has 0 saturated carbocycles. The normalized spacial score (nSPS) is 14.0. The van der Waals surface area contributed by atoms with Crippen molar-refractivity contribution in [1.82, 2.24) is 5.06 Å². The molecule has 0 aliphatic carbocycles. The lowest BCUT2D eigenvalue weighted by molar-refractivity contribution is -0.162. The van der Waals surface area contributed by atoms with Gasteiger partial charge in [-0.15, -0.1) is 0 Å². The average molecular weight is 307 g/mol. The lowest BCUT2D eigenvalue weighted by atomic mass is 10.0. The third-order valence-electron chi connectivity index (χ3n) is 3.37. The largest absolute Gasteiger partial charge is 0.392 e. The molecule has 1 N–H and O–H groups in total. The zero-order chi connectivity index (χ0) is 16.4. The van der Waals surface area contributed by atoms with Crippen LogP contribution in [0.3, 0.4) is 0 Å². The van der Waals surface area contributed by atoms with Crippen molar-refractivity contribution < 1.29 is 19.5 Å². The number of benzene rings is 1. The first-order chi connectivity index (χ1) is 10.5. The summed E-state index contributed by atoms with van der Waals surface area (Å²) in [7, 11) is 2.95. The van der Waals surface area contributed by atoms with Gasteiger partial charge in [-0.3, -0.25) is 9.63 Å². The van der Waals surface area contributed by atoms with E-state index in [1.807, 2.05) is 37.3 Å². The Kier molecular flexibility index (Phi) is 8.43. The molecule has 1 rings (SSSR count). The molecule has 2 atom stereocenters. The molecule has 1 aromatic carbocycles. The summed E-state index contributed by atoms with van der Waals surface area (Å²) in [5, 5.41) is 11.2. The van der Waals surface area contributed by atoms with E-state index in [1.165, 1.54) is 20.2 Å². The second-order valence-corrected chi connectivity index (χ2v) is 5.20. The summed E-state index contributed by atoms with van der Waals surface area (Å²) in [5.74, 6) is -0.272. The molecule has 1 amide bonds. The predicted octanol–water partition coefficient (Wildman–Crippen LogP) is 2.17. The van der Waals surface area contributed by atoms with Gasteiger partial charge in [0.15, 0.2) is 0 Å². The van der Waals surface area contributed by atoms with Gasteiger partial charge < -0.3 is 9.84 Å². The standard InChI is InChI=1S/C17H25NO4/c1-14(12-22-13-15-8-5-4-6-9-15)16(19)10-7-11-17(20)18(2)21-3/h4-9,11,14,16,19H,10,12-13H2,1-3H3/b11-7+/t14-,16+/m0/s1. The molecule has 0 spiro atoms. The van der Waals surface area contributed by atoms with E-state index in [1.54, 1.807) is 6.08 Å². The molecule has 0 heterocycles. The van der Waals surface area contributed by atoms with E-state index in [9.17, 15) is 9.90 Å². The lowest BCUT2D eigenvalue weighted by Crippen LogP contribution is -2.24. The van der Waals surface area contributed by atoms with E-state index in [-0.39, 0.29) is 11.8 Å². The van der Waals surface area contributed by atoms with E-state index in [0.29, 0.717) is 19.6 Å². The molecule has 5 heteroatoms. The van der Waals surface area contributed by atoms with Gasteiger partial charge in [0, 0.05) is 19.0 Å². The van der Waals surface area contributed by atoms with Crippen molar-refractivity contribution in [2.75, 3.05) is 20.8 Å². The summed E-state index contributed by atoms with van der Waals surface area (Å²) in [6, 6.07) is 9.90. The van der Waals surface area contributed by atoms with Gasteiger partial charge in [0.05, 0.1) is 26.4 Å². The quantitative estimate of drug-likeness (QED) is 0.561. The number of amides is 1. The molecule has 0 aliphatic heterocycles. The van der Waals surface area contributed by atoms with E-state index in [4.69, 9.17) is 9.57 Å². The topological polar surface area (TPSA) is 59.0 Å². The Morgan fingerprint density at radius 3 is 2.68 bits per heavy atom. The first kappa shape index (κ1) is 18.4. The van der Waals surface area contributed by atoms with Crippen molar-refractivity contribution in [2.45, 2.75) is 26.1 Å². The molecule has 0 saturated heterocycles. The molecule has 5 nitrogen and oxygen atoms in total. The monoisotopic (exact) mass is 307 g/mol. The number of ether oxygens (including phenoxy) is 1. The fourth-order valence-corrected chi connectivity index (χ4v) is 1.78. The Morgan fingerprint density at radius 1 is 1.36 bits per heavy atom.